The molecule has 2 fully saturated rings. The van der Waals surface area contributed by atoms with Crippen molar-refractivity contribution in [3.63, 3.8) is 0 Å². The number of aromatic nitrogens is 1. The van der Waals surface area contributed by atoms with Crippen LogP contribution >= 0.6 is 11.3 Å². The Balaban J connectivity index is 1.54. The van der Waals surface area contributed by atoms with Gasteiger partial charge in [-0.1, -0.05) is 11.3 Å². The maximum absolute atomic E-state index is 13.6. The largest absolute Gasteiger partial charge is 0.493 e. The molecule has 8 heteroatoms. The highest BCUT2D eigenvalue weighted by Crippen LogP contribution is 2.43. The molecule has 26 heavy (non-hydrogen) atoms. The Morgan fingerprint density at radius 3 is 3.08 bits per heavy atom. The van der Waals surface area contributed by atoms with Crippen molar-refractivity contribution in [3.05, 3.63) is 17.7 Å². The van der Waals surface area contributed by atoms with Crippen molar-refractivity contribution in [3.8, 4) is 5.75 Å². The van der Waals surface area contributed by atoms with Gasteiger partial charge in [0.1, 0.15) is 5.75 Å². The smallest absolute Gasteiger partial charge is 0.324 e. The number of thiazole rings is 1. The number of nitrogens with one attached hydrogen (secondary N) is 1. The number of fused-ring (bicyclic) bond motifs is 4. The van der Waals surface area contributed by atoms with E-state index in [0.29, 0.717) is 18.2 Å². The van der Waals surface area contributed by atoms with E-state index < -0.39 is 0 Å². The van der Waals surface area contributed by atoms with Gasteiger partial charge in [-0.15, -0.1) is 0 Å². The first-order chi connectivity index (χ1) is 12.6. The molecule has 3 aliphatic rings. The highest BCUT2D eigenvalue weighted by Gasteiger charge is 2.54. The van der Waals surface area contributed by atoms with Crippen LogP contribution in [0.15, 0.2) is 12.1 Å². The summed E-state index contributed by atoms with van der Waals surface area (Å²) in [5.41, 5.74) is 2.06. The Kier molecular flexibility index (Phi) is 3.62. The fraction of sp³-hybridized carbons (Fsp3) is 0.556. The van der Waals surface area contributed by atoms with Crippen LogP contribution in [-0.4, -0.2) is 61.4 Å². The number of rotatable bonds is 3. The number of hydrogen-bond acceptors (Lipinski definition) is 5. The molecule has 0 unspecified atom stereocenters. The predicted octanol–water partition coefficient (Wildman–Crippen LogP) is 2.42. The number of amides is 2. The number of urea groups is 1. The molecule has 1 saturated heterocycles. The lowest BCUT2D eigenvalue weighted by atomic mass is 10.0. The zero-order chi connectivity index (χ0) is 18.0. The van der Waals surface area contributed by atoms with E-state index in [4.69, 9.17) is 9.72 Å². The molecule has 6 nitrogen and oxygen atoms in total. The minimum Gasteiger partial charge on any atom is -0.493 e. The normalized spacial score (nSPS) is 30.0. The summed E-state index contributed by atoms with van der Waals surface area (Å²) in [6.45, 7) is 0.309. The molecule has 0 radical (unpaired) electrons. The number of halogens is 1. The third kappa shape index (κ3) is 2.18. The summed E-state index contributed by atoms with van der Waals surface area (Å²) in [6.07, 6.45) is 1.50. The van der Waals surface area contributed by atoms with Crippen LogP contribution in [0, 0.1) is 5.92 Å². The molecule has 2 aliphatic heterocycles. The lowest BCUT2D eigenvalue weighted by Crippen LogP contribution is -2.47. The van der Waals surface area contributed by atoms with Crippen LogP contribution in [0.4, 0.5) is 14.3 Å². The van der Waals surface area contributed by atoms with Gasteiger partial charge in [-0.05, 0) is 32.6 Å². The summed E-state index contributed by atoms with van der Waals surface area (Å²) in [5, 5.41) is 3.77. The van der Waals surface area contributed by atoms with Gasteiger partial charge in [-0.25, -0.2) is 9.78 Å². The van der Waals surface area contributed by atoms with Crippen molar-refractivity contribution >= 4 is 32.7 Å². The zero-order valence-electron chi connectivity index (χ0n) is 14.7. The van der Waals surface area contributed by atoms with Crippen molar-refractivity contribution in [1.82, 2.24) is 15.2 Å². The topological polar surface area (TPSA) is 57.7 Å². The van der Waals surface area contributed by atoms with Gasteiger partial charge < -0.3 is 15.0 Å². The highest BCUT2D eigenvalue weighted by atomic mass is 32.1. The minimum atomic E-state index is -0.371. The van der Waals surface area contributed by atoms with Crippen LogP contribution in [0.3, 0.4) is 0 Å². The molecule has 1 aromatic heterocycles. The summed E-state index contributed by atoms with van der Waals surface area (Å²) in [5.74, 6) is 0.819. The van der Waals surface area contributed by atoms with Gasteiger partial charge in [-0.3, -0.25) is 9.29 Å². The molecule has 4 atom stereocenters. The van der Waals surface area contributed by atoms with Crippen molar-refractivity contribution in [2.24, 2.45) is 5.92 Å². The molecule has 1 aliphatic carbocycles. The summed E-state index contributed by atoms with van der Waals surface area (Å²) in [4.78, 5) is 21.3. The molecule has 2 amide bonds. The van der Waals surface area contributed by atoms with Crippen LogP contribution in [0.5, 0.6) is 5.75 Å². The molecule has 0 spiro atoms. The van der Waals surface area contributed by atoms with Crippen molar-refractivity contribution < 1.29 is 13.9 Å². The average Bonchev–Trinajstić information content (AvgIpc) is 3.33. The van der Waals surface area contributed by atoms with Crippen LogP contribution in [0.25, 0.3) is 10.2 Å². The maximum Gasteiger partial charge on any atom is 0.324 e. The molecule has 5 rings (SSSR count). The number of nitrogens with zero attached hydrogens (tertiary/aromatic N) is 3. The third-order valence-corrected chi connectivity index (χ3v) is 6.89. The van der Waals surface area contributed by atoms with Gasteiger partial charge >= 0.3 is 6.03 Å². The Hall–Kier alpha value is -1.93. The molecule has 1 saturated carbocycles. The first kappa shape index (κ1) is 16.3. The van der Waals surface area contributed by atoms with Gasteiger partial charge in [0.15, 0.2) is 5.13 Å². The fourth-order valence-electron chi connectivity index (χ4n) is 4.81. The van der Waals surface area contributed by atoms with E-state index in [-0.39, 0.29) is 36.7 Å². The van der Waals surface area contributed by atoms with E-state index in [1.165, 1.54) is 11.3 Å². The Labute approximate surface area is 154 Å². The lowest BCUT2D eigenvalue weighted by Gasteiger charge is -2.28. The number of ether oxygens (including phenoxy) is 1. The molecule has 138 valence electrons. The molecular weight excluding hydrogens is 355 g/mol. The van der Waals surface area contributed by atoms with E-state index in [0.717, 1.165) is 28.0 Å². The molecule has 2 aromatic rings. The maximum atomic E-state index is 13.6. The number of carbonyl (C=O) groups excluding carboxylic acids is 1. The quantitative estimate of drug-likeness (QED) is 0.894. The van der Waals surface area contributed by atoms with E-state index in [9.17, 15) is 9.18 Å². The van der Waals surface area contributed by atoms with Crippen molar-refractivity contribution in [2.75, 3.05) is 32.3 Å². The summed E-state index contributed by atoms with van der Waals surface area (Å²) in [6, 6.07) is 3.74. The summed E-state index contributed by atoms with van der Waals surface area (Å²) < 4.78 is 20.3. The number of likely N-dealkylation sites (N-methyl/N-ethyl adjacent to an activating group) is 1. The van der Waals surface area contributed by atoms with Gasteiger partial charge in [-0.2, -0.15) is 0 Å². The second-order valence-corrected chi connectivity index (χ2v) is 8.51. The molecule has 0 bridgehead atoms. The second-order valence-electron chi connectivity index (χ2n) is 7.50. The number of anilines is 1. The van der Waals surface area contributed by atoms with Crippen molar-refractivity contribution in [1.29, 1.82) is 0 Å². The molecule has 1 N–H and O–H groups in total. The van der Waals surface area contributed by atoms with E-state index >= 15 is 0 Å². The van der Waals surface area contributed by atoms with Crippen LogP contribution in [-0.2, 0) is 6.42 Å². The van der Waals surface area contributed by atoms with E-state index in [1.54, 1.807) is 4.90 Å². The SMILES string of the molecule is CN(C)[C@@H]1[C@@H](CF)C[C@@H]2[C@H]1NC(=O)N2c1nc2c3c(ccc2s1)OCC3. The first-order valence-corrected chi connectivity index (χ1v) is 9.77. The second kappa shape index (κ2) is 5.79. The van der Waals surface area contributed by atoms with Gasteiger partial charge in [0.05, 0.1) is 35.6 Å². The van der Waals surface area contributed by atoms with Crippen LogP contribution in [0.2, 0.25) is 0 Å². The Morgan fingerprint density at radius 1 is 1.46 bits per heavy atom. The third-order valence-electron chi connectivity index (χ3n) is 5.87. The number of alkyl halides is 1. The van der Waals surface area contributed by atoms with E-state index in [1.807, 2.05) is 31.1 Å². The number of hydrogen-bond donors (Lipinski definition) is 1. The fourth-order valence-corrected chi connectivity index (χ4v) is 5.87. The minimum absolute atomic E-state index is 0.00553. The standard InChI is InChI=1S/C18H21FN4O2S/c1-22(2)16-9(8-19)7-11-15(16)20-17(24)23(11)18-21-14-10-5-6-25-12(10)3-4-13(14)26-18/h3-4,9,11,15-16H,5-8H2,1-2H3,(H,20,24)/t9-,11-,15-,16-/m1/s1. The Bertz CT molecular complexity index is 885. The molecule has 1 aromatic carbocycles. The number of benzene rings is 1. The van der Waals surface area contributed by atoms with Crippen molar-refractivity contribution in [2.45, 2.75) is 31.0 Å². The average molecular weight is 376 g/mol. The van der Waals surface area contributed by atoms with E-state index in [2.05, 4.69) is 5.32 Å². The molecule has 3 heterocycles. The molecular formula is C18H21FN4O2S. The van der Waals surface area contributed by atoms with Gasteiger partial charge in [0.25, 0.3) is 0 Å². The van der Waals surface area contributed by atoms with Crippen LogP contribution in [0.1, 0.15) is 12.0 Å². The highest BCUT2D eigenvalue weighted by molar-refractivity contribution is 7.22. The lowest BCUT2D eigenvalue weighted by molar-refractivity contribution is 0.183. The monoisotopic (exact) mass is 376 g/mol. The Morgan fingerprint density at radius 2 is 2.31 bits per heavy atom. The summed E-state index contributed by atoms with van der Waals surface area (Å²) in [7, 11) is 3.90. The first-order valence-electron chi connectivity index (χ1n) is 8.96. The van der Waals surface area contributed by atoms with Crippen LogP contribution < -0.4 is 15.0 Å². The van der Waals surface area contributed by atoms with Gasteiger partial charge in [0, 0.05) is 23.9 Å². The summed E-state index contributed by atoms with van der Waals surface area (Å²) >= 11 is 1.52. The predicted molar refractivity (Wildman–Crippen MR) is 99.0 cm³/mol. The zero-order valence-corrected chi connectivity index (χ0v) is 15.6. The number of carbonyl (C=O) groups is 1. The van der Waals surface area contributed by atoms with Gasteiger partial charge in [0.2, 0.25) is 0 Å².